The first-order valence-electron chi connectivity index (χ1n) is 10.6. The number of likely N-dealkylation sites (tertiary alicyclic amines) is 1. The van der Waals surface area contributed by atoms with Gasteiger partial charge in [-0.1, -0.05) is 30.3 Å². The van der Waals surface area contributed by atoms with Crippen LogP contribution in [0.15, 0.2) is 35.3 Å². The summed E-state index contributed by atoms with van der Waals surface area (Å²) < 4.78 is 25.0. The Morgan fingerprint density at radius 2 is 1.97 bits per heavy atom. The van der Waals surface area contributed by atoms with E-state index in [1.165, 1.54) is 11.8 Å². The second kappa shape index (κ2) is 11.6. The van der Waals surface area contributed by atoms with Crippen molar-refractivity contribution in [3.63, 3.8) is 0 Å². The number of sulfonamides is 1. The van der Waals surface area contributed by atoms with E-state index in [0.717, 1.165) is 38.4 Å². The quantitative estimate of drug-likeness (QED) is 0.310. The fraction of sp³-hybridized carbons (Fsp3) is 0.667. The van der Waals surface area contributed by atoms with Crippen LogP contribution in [0.1, 0.15) is 32.3 Å². The molecule has 3 unspecified atom stereocenters. The Bertz CT molecular complexity index is 790. The fourth-order valence-electron chi connectivity index (χ4n) is 4.22. The predicted octanol–water partition coefficient (Wildman–Crippen LogP) is 2.10. The molecule has 1 aromatic rings. The van der Waals surface area contributed by atoms with Gasteiger partial charge in [-0.25, -0.2) is 12.7 Å². The monoisotopic (exact) mass is 549 g/mol. The van der Waals surface area contributed by atoms with Crippen molar-refractivity contribution in [1.82, 2.24) is 19.8 Å². The highest BCUT2D eigenvalue weighted by molar-refractivity contribution is 14.0. The average molecular weight is 550 g/mol. The van der Waals surface area contributed by atoms with E-state index < -0.39 is 10.0 Å². The van der Waals surface area contributed by atoms with Gasteiger partial charge in [0.1, 0.15) is 0 Å². The number of nitrogens with zero attached hydrogens (tertiary/aromatic N) is 3. The topological polar surface area (TPSA) is 77.0 Å². The summed E-state index contributed by atoms with van der Waals surface area (Å²) in [5.74, 6) is 1.13. The number of hydrogen-bond donors (Lipinski definition) is 2. The molecule has 0 radical (unpaired) electrons. The van der Waals surface area contributed by atoms with Crippen LogP contribution < -0.4 is 10.6 Å². The molecule has 170 valence electrons. The van der Waals surface area contributed by atoms with Gasteiger partial charge in [-0.05, 0) is 38.2 Å². The van der Waals surface area contributed by atoms with E-state index in [4.69, 9.17) is 4.99 Å². The van der Waals surface area contributed by atoms with E-state index in [1.807, 2.05) is 0 Å². The first-order chi connectivity index (χ1) is 13.8. The zero-order chi connectivity index (χ0) is 20.9. The molecular formula is C21H36IN5O2S. The van der Waals surface area contributed by atoms with Gasteiger partial charge in [-0.3, -0.25) is 9.89 Å². The van der Waals surface area contributed by atoms with Gasteiger partial charge in [0.25, 0.3) is 0 Å². The molecule has 0 amide bonds. The van der Waals surface area contributed by atoms with Crippen LogP contribution in [-0.4, -0.2) is 74.6 Å². The van der Waals surface area contributed by atoms with Crippen molar-refractivity contribution in [2.75, 3.05) is 39.0 Å². The first kappa shape index (κ1) is 25.4. The third kappa shape index (κ3) is 7.35. The second-order valence-corrected chi connectivity index (χ2v) is 10.3. The van der Waals surface area contributed by atoms with Gasteiger partial charge in [-0.2, -0.15) is 0 Å². The normalized spacial score (nSPS) is 25.8. The number of aliphatic imine (C=N–C) groups is 1. The summed E-state index contributed by atoms with van der Waals surface area (Å²) in [6.45, 7) is 8.96. The average Bonchev–Trinajstić information content (AvgIpc) is 3.28. The van der Waals surface area contributed by atoms with Gasteiger partial charge in [0.05, 0.1) is 6.26 Å². The Labute approximate surface area is 198 Å². The number of nitrogens with one attached hydrogen (secondary N) is 2. The van der Waals surface area contributed by atoms with Crippen LogP contribution in [0.2, 0.25) is 0 Å². The SMILES string of the molecule is CCNC(=NCC1CCN(S(C)(=O)=O)C1)NC1CC(C)N(Cc2ccccc2)C1.I. The summed E-state index contributed by atoms with van der Waals surface area (Å²) in [6.07, 6.45) is 3.25. The van der Waals surface area contributed by atoms with Gasteiger partial charge >= 0.3 is 0 Å². The largest absolute Gasteiger partial charge is 0.357 e. The van der Waals surface area contributed by atoms with E-state index in [1.54, 1.807) is 4.31 Å². The van der Waals surface area contributed by atoms with Crippen LogP contribution in [0.4, 0.5) is 0 Å². The van der Waals surface area contributed by atoms with E-state index in [2.05, 4.69) is 59.7 Å². The lowest BCUT2D eigenvalue weighted by atomic mass is 10.1. The molecule has 2 fully saturated rings. The van der Waals surface area contributed by atoms with Gasteiger partial charge in [-0.15, -0.1) is 24.0 Å². The molecule has 2 aliphatic heterocycles. The third-order valence-corrected chi connectivity index (χ3v) is 7.11. The van der Waals surface area contributed by atoms with Crippen LogP contribution >= 0.6 is 24.0 Å². The molecule has 0 aliphatic carbocycles. The molecule has 0 bridgehead atoms. The highest BCUT2D eigenvalue weighted by Gasteiger charge is 2.30. The van der Waals surface area contributed by atoms with Crippen molar-refractivity contribution in [3.8, 4) is 0 Å². The minimum absolute atomic E-state index is 0. The Morgan fingerprint density at radius 1 is 1.23 bits per heavy atom. The van der Waals surface area contributed by atoms with E-state index in [0.29, 0.717) is 31.7 Å². The Morgan fingerprint density at radius 3 is 2.60 bits per heavy atom. The Balaban J connectivity index is 0.00000320. The van der Waals surface area contributed by atoms with Crippen LogP contribution in [0.5, 0.6) is 0 Å². The molecule has 0 aromatic heterocycles. The number of benzene rings is 1. The smallest absolute Gasteiger partial charge is 0.211 e. The van der Waals surface area contributed by atoms with Crippen molar-refractivity contribution in [2.45, 2.75) is 45.3 Å². The van der Waals surface area contributed by atoms with Crippen molar-refractivity contribution < 1.29 is 8.42 Å². The van der Waals surface area contributed by atoms with Crippen molar-refractivity contribution in [2.24, 2.45) is 10.9 Å². The molecule has 7 nitrogen and oxygen atoms in total. The highest BCUT2D eigenvalue weighted by atomic mass is 127. The summed E-state index contributed by atoms with van der Waals surface area (Å²) in [5.41, 5.74) is 1.34. The maximum Gasteiger partial charge on any atom is 0.211 e. The molecule has 2 N–H and O–H groups in total. The van der Waals surface area contributed by atoms with E-state index in [9.17, 15) is 8.42 Å². The molecule has 9 heteroatoms. The molecule has 2 aliphatic rings. The van der Waals surface area contributed by atoms with Crippen LogP contribution in [0.25, 0.3) is 0 Å². The molecule has 2 heterocycles. The van der Waals surface area contributed by atoms with Crippen LogP contribution in [-0.2, 0) is 16.6 Å². The van der Waals surface area contributed by atoms with Gasteiger partial charge in [0.2, 0.25) is 10.0 Å². The minimum Gasteiger partial charge on any atom is -0.357 e. The lowest BCUT2D eigenvalue weighted by Crippen LogP contribution is -2.44. The maximum atomic E-state index is 11.7. The van der Waals surface area contributed by atoms with Crippen molar-refractivity contribution in [3.05, 3.63) is 35.9 Å². The Kier molecular flexibility index (Phi) is 9.83. The number of rotatable bonds is 7. The number of guanidine groups is 1. The molecule has 0 spiro atoms. The van der Waals surface area contributed by atoms with Crippen LogP contribution in [0, 0.1) is 5.92 Å². The summed E-state index contributed by atoms with van der Waals surface area (Å²) in [6, 6.07) is 11.5. The number of halogens is 1. The molecule has 30 heavy (non-hydrogen) atoms. The molecule has 0 saturated carbocycles. The zero-order valence-corrected chi connectivity index (χ0v) is 21.4. The predicted molar refractivity (Wildman–Crippen MR) is 134 cm³/mol. The summed E-state index contributed by atoms with van der Waals surface area (Å²) >= 11 is 0. The Hall–Kier alpha value is -0.910. The van der Waals surface area contributed by atoms with Gasteiger partial charge < -0.3 is 10.6 Å². The van der Waals surface area contributed by atoms with Crippen LogP contribution in [0.3, 0.4) is 0 Å². The molecular weight excluding hydrogens is 513 g/mol. The molecule has 2 saturated heterocycles. The zero-order valence-electron chi connectivity index (χ0n) is 18.3. The van der Waals surface area contributed by atoms with Crippen molar-refractivity contribution in [1.29, 1.82) is 0 Å². The molecule has 1 aromatic carbocycles. The molecule has 3 rings (SSSR count). The summed E-state index contributed by atoms with van der Waals surface area (Å²) in [4.78, 5) is 7.28. The second-order valence-electron chi connectivity index (χ2n) is 8.34. The molecule has 3 atom stereocenters. The van der Waals surface area contributed by atoms with Gasteiger partial charge in [0, 0.05) is 51.4 Å². The standard InChI is InChI=1S/C21H35N5O2S.HI/c1-4-22-21(23-13-19-10-11-26(15-19)29(3,27)28)24-20-12-17(2)25(16-20)14-18-8-6-5-7-9-18;/h5-9,17,19-20H,4,10-16H2,1-3H3,(H2,22,23,24);1H. The highest BCUT2D eigenvalue weighted by Crippen LogP contribution is 2.21. The van der Waals surface area contributed by atoms with E-state index >= 15 is 0 Å². The fourth-order valence-corrected chi connectivity index (χ4v) is 5.14. The number of hydrogen-bond acceptors (Lipinski definition) is 4. The first-order valence-corrected chi connectivity index (χ1v) is 12.5. The third-order valence-electron chi connectivity index (χ3n) is 5.84. The maximum absolute atomic E-state index is 11.7. The van der Waals surface area contributed by atoms with Gasteiger partial charge in [0.15, 0.2) is 5.96 Å². The minimum atomic E-state index is -3.09. The lowest BCUT2D eigenvalue weighted by Gasteiger charge is -2.21. The van der Waals surface area contributed by atoms with E-state index in [-0.39, 0.29) is 29.9 Å². The lowest BCUT2D eigenvalue weighted by molar-refractivity contribution is 0.258. The summed E-state index contributed by atoms with van der Waals surface area (Å²) in [7, 11) is -3.09. The van der Waals surface area contributed by atoms with Crippen molar-refractivity contribution >= 4 is 40.0 Å². The summed E-state index contributed by atoms with van der Waals surface area (Å²) in [5, 5.41) is 6.94.